The van der Waals surface area contributed by atoms with E-state index < -0.39 is 74.9 Å². The molecule has 0 bridgehead atoms. The topological polar surface area (TPSA) is 205 Å². The Labute approximate surface area is 242 Å². The van der Waals surface area contributed by atoms with Crippen molar-refractivity contribution in [3.63, 3.8) is 0 Å². The summed E-state index contributed by atoms with van der Waals surface area (Å²) in [4.78, 5) is 53.6. The van der Waals surface area contributed by atoms with Crippen LogP contribution in [0.3, 0.4) is 0 Å². The monoisotopic (exact) mass is 594 g/mol. The van der Waals surface area contributed by atoms with Gasteiger partial charge in [0.1, 0.15) is 11.1 Å². The second-order valence-corrected chi connectivity index (χ2v) is 10.7. The maximum absolute atomic E-state index is 13.6. The first-order chi connectivity index (χ1) is 20.4. The van der Waals surface area contributed by atoms with Crippen LogP contribution in [-0.2, 0) is 9.47 Å². The summed E-state index contributed by atoms with van der Waals surface area (Å²) < 4.78 is 21.5. The van der Waals surface area contributed by atoms with Crippen molar-refractivity contribution >= 4 is 34.0 Å². The molecule has 0 amide bonds. The maximum Gasteiger partial charge on any atom is 0.374 e. The average Bonchev–Trinajstić information content (AvgIpc) is 3.32. The minimum Gasteiger partial charge on any atom is -0.507 e. The molecule has 1 spiro atoms. The molecule has 3 aliphatic rings. The number of allylic oxidation sites excluding steroid dienone is 1. The van der Waals surface area contributed by atoms with Gasteiger partial charge in [0.05, 0.1) is 48.4 Å². The Kier molecular flexibility index (Phi) is 6.36. The van der Waals surface area contributed by atoms with Crippen molar-refractivity contribution in [1.29, 1.82) is 0 Å². The summed E-state index contributed by atoms with van der Waals surface area (Å²) in [5.74, 6) is -7.43. The van der Waals surface area contributed by atoms with Crippen LogP contribution in [-0.4, -0.2) is 82.9 Å². The molecular formula is C29H26N2O12. The number of carbonyl (C=O) groups excluding carboxylic acids is 3. The van der Waals surface area contributed by atoms with Crippen molar-refractivity contribution in [3.05, 3.63) is 62.4 Å². The number of aromatic hydroxyl groups is 3. The van der Waals surface area contributed by atoms with Gasteiger partial charge in [-0.15, -0.1) is 0 Å². The van der Waals surface area contributed by atoms with Crippen molar-refractivity contribution in [1.82, 2.24) is 4.90 Å². The normalized spacial score (nSPS) is 20.5. The number of aliphatic hydroxyl groups excluding tert-OH is 1. The van der Waals surface area contributed by atoms with E-state index in [0.29, 0.717) is 13.1 Å². The van der Waals surface area contributed by atoms with Crippen molar-refractivity contribution < 1.29 is 53.4 Å². The largest absolute Gasteiger partial charge is 0.507 e. The van der Waals surface area contributed by atoms with Gasteiger partial charge in [0.2, 0.25) is 11.5 Å². The quantitative estimate of drug-likeness (QED) is 0.163. The van der Waals surface area contributed by atoms with E-state index >= 15 is 0 Å². The van der Waals surface area contributed by atoms with Gasteiger partial charge in [-0.2, -0.15) is 0 Å². The Bertz CT molecular complexity index is 1860. The third-order valence-electron chi connectivity index (χ3n) is 7.64. The molecule has 1 aliphatic carbocycles. The summed E-state index contributed by atoms with van der Waals surface area (Å²) in [7, 11) is 4.79. The number of ether oxygens (including phenoxy) is 3. The molecule has 3 heterocycles. The molecule has 0 saturated heterocycles. The van der Waals surface area contributed by atoms with Crippen LogP contribution < -0.4 is 15.7 Å². The van der Waals surface area contributed by atoms with Gasteiger partial charge in [-0.25, -0.2) is 9.59 Å². The highest BCUT2D eigenvalue weighted by Crippen LogP contribution is 2.54. The predicted octanol–water partition coefficient (Wildman–Crippen LogP) is 1.94. The lowest BCUT2D eigenvalue weighted by molar-refractivity contribution is -0.170. The number of fused-ring (bicyclic) bond motifs is 3. The fourth-order valence-corrected chi connectivity index (χ4v) is 5.62. The molecule has 14 nitrogen and oxygen atoms in total. The third kappa shape index (κ3) is 4.25. The Morgan fingerprint density at radius 1 is 1.07 bits per heavy atom. The van der Waals surface area contributed by atoms with Crippen molar-refractivity contribution in [2.24, 2.45) is 0 Å². The zero-order chi connectivity index (χ0) is 31.0. The van der Waals surface area contributed by atoms with Gasteiger partial charge in [0.15, 0.2) is 28.8 Å². The van der Waals surface area contributed by atoms with E-state index in [1.807, 2.05) is 19.0 Å². The van der Waals surface area contributed by atoms with E-state index in [1.54, 1.807) is 0 Å². The molecule has 3 aromatic rings. The van der Waals surface area contributed by atoms with E-state index in [1.165, 1.54) is 12.1 Å². The number of carbonyl (C=O) groups is 3. The summed E-state index contributed by atoms with van der Waals surface area (Å²) in [6.07, 6.45) is -2.05. The molecule has 2 aliphatic heterocycles. The first-order valence-corrected chi connectivity index (χ1v) is 13.1. The number of aliphatic hydroxyl groups is 1. The number of rotatable bonds is 5. The number of phenols is 3. The Hall–Kier alpha value is -5.08. The number of likely N-dealkylation sites (N-methyl/N-ethyl adjacent to an activating group) is 1. The molecule has 0 saturated carbocycles. The van der Waals surface area contributed by atoms with Crippen LogP contribution >= 0.6 is 0 Å². The summed E-state index contributed by atoms with van der Waals surface area (Å²) in [5, 5.41) is 46.4. The van der Waals surface area contributed by atoms with Gasteiger partial charge in [-0.05, 0) is 31.6 Å². The van der Waals surface area contributed by atoms with Gasteiger partial charge in [-0.3, -0.25) is 9.59 Å². The molecule has 43 heavy (non-hydrogen) atoms. The Morgan fingerprint density at radius 2 is 1.81 bits per heavy atom. The summed E-state index contributed by atoms with van der Waals surface area (Å²) in [6, 6.07) is 3.66. The number of anilines is 1. The van der Waals surface area contributed by atoms with Crippen LogP contribution in [0.15, 0.2) is 38.7 Å². The molecule has 6 rings (SSSR count). The van der Waals surface area contributed by atoms with Crippen molar-refractivity contribution in [2.45, 2.75) is 24.7 Å². The molecule has 2 aromatic carbocycles. The molecule has 2 atom stereocenters. The number of hydrogen-bond donors (Lipinski definition) is 5. The van der Waals surface area contributed by atoms with Gasteiger partial charge >= 0.3 is 11.6 Å². The van der Waals surface area contributed by atoms with E-state index in [4.69, 9.17) is 13.9 Å². The number of phenolic OH excluding ortho intramolecular Hbond substituents is 3. The minimum atomic E-state index is -1.86. The first kappa shape index (κ1) is 28.1. The molecule has 2 unspecified atom stereocenters. The van der Waals surface area contributed by atoms with Crippen LogP contribution in [0.25, 0.3) is 10.8 Å². The maximum atomic E-state index is 13.6. The average molecular weight is 595 g/mol. The van der Waals surface area contributed by atoms with Gasteiger partial charge in [-0.1, -0.05) is 0 Å². The Balaban J connectivity index is 1.37. The summed E-state index contributed by atoms with van der Waals surface area (Å²) >= 11 is 0. The van der Waals surface area contributed by atoms with Crippen LogP contribution in [0.5, 0.6) is 23.0 Å². The summed E-state index contributed by atoms with van der Waals surface area (Å²) in [5.41, 5.74) is -1.99. The van der Waals surface area contributed by atoms with Crippen LogP contribution in [0.1, 0.15) is 55.8 Å². The first-order valence-electron chi connectivity index (χ1n) is 13.1. The van der Waals surface area contributed by atoms with Crippen molar-refractivity contribution in [2.75, 3.05) is 39.6 Å². The summed E-state index contributed by atoms with van der Waals surface area (Å²) in [6.45, 7) is 0.933. The second kappa shape index (κ2) is 9.74. The number of nitrogens with one attached hydrogen (secondary N) is 1. The lowest BCUT2D eigenvalue weighted by Crippen LogP contribution is -2.41. The highest BCUT2D eigenvalue weighted by Gasteiger charge is 2.55. The number of hydrogen-bond acceptors (Lipinski definition) is 14. The molecule has 14 heteroatoms. The van der Waals surface area contributed by atoms with Crippen LogP contribution in [0.2, 0.25) is 0 Å². The van der Waals surface area contributed by atoms with Gasteiger partial charge in [0, 0.05) is 24.7 Å². The second-order valence-electron chi connectivity index (χ2n) is 10.7. The molecule has 0 fully saturated rings. The zero-order valence-electron chi connectivity index (χ0n) is 23.1. The highest BCUT2D eigenvalue weighted by molar-refractivity contribution is 6.29. The fourth-order valence-electron chi connectivity index (χ4n) is 5.62. The van der Waals surface area contributed by atoms with E-state index in [0.717, 1.165) is 13.2 Å². The van der Waals surface area contributed by atoms with Crippen LogP contribution in [0, 0.1) is 0 Å². The van der Waals surface area contributed by atoms with Crippen LogP contribution in [0.4, 0.5) is 5.69 Å². The molecule has 5 N–H and O–H groups in total. The minimum absolute atomic E-state index is 0.0419. The Morgan fingerprint density at radius 3 is 2.51 bits per heavy atom. The smallest absolute Gasteiger partial charge is 0.374 e. The zero-order valence-corrected chi connectivity index (χ0v) is 23.1. The third-order valence-corrected chi connectivity index (χ3v) is 7.64. The number of benzene rings is 2. The fraction of sp³-hybridized carbons (Fsp3) is 0.310. The molecule has 0 radical (unpaired) electrons. The van der Waals surface area contributed by atoms with Crippen molar-refractivity contribution in [3.8, 4) is 23.0 Å². The molecule has 224 valence electrons. The number of esters is 1. The molecular weight excluding hydrogens is 568 g/mol. The SMILES string of the molecule is COC(=O)c1cc2cc3c(c(O)c2c(=O)o1)OC1(CC2=C(O1)C(=O)c1c(O)c(NCCN(C)C)cc(O)c1C2=O)CC3O. The number of methoxy groups -OCH3 is 1. The lowest BCUT2D eigenvalue weighted by atomic mass is 9.84. The number of Topliss-reactive ketones (excluding diaryl/α,β-unsaturated/α-hetero) is 2. The highest BCUT2D eigenvalue weighted by atomic mass is 16.7. The van der Waals surface area contributed by atoms with Gasteiger partial charge < -0.3 is 49.3 Å². The van der Waals surface area contributed by atoms with E-state index in [9.17, 15) is 39.6 Å². The molecule has 1 aromatic heterocycles. The number of nitrogens with zero attached hydrogens (tertiary/aromatic N) is 1. The van der Waals surface area contributed by atoms with E-state index in [-0.39, 0.29) is 46.2 Å². The number of ketones is 2. The van der Waals surface area contributed by atoms with E-state index in [2.05, 4.69) is 10.1 Å². The predicted molar refractivity (Wildman–Crippen MR) is 147 cm³/mol. The van der Waals surface area contributed by atoms with Gasteiger partial charge in [0.25, 0.3) is 5.79 Å². The lowest BCUT2D eigenvalue weighted by Gasteiger charge is -2.37. The standard InChI is InChI=1S/C29H26N2O12/c1-31(2)5-4-30-14-8-15(32)19-20(22(14)35)24(37)26-13(21(19)34)9-29(43-26)10-16(33)12-6-11-7-17(27(38)40-3)41-28(39)18(11)23(36)25(12)42-29/h6-8,16,30,32-33,35-36H,4-5,9-10H2,1-3H3.